The maximum absolute atomic E-state index is 14.1. The summed E-state index contributed by atoms with van der Waals surface area (Å²) in [5.41, 5.74) is 1.22. The lowest BCUT2D eigenvalue weighted by Crippen LogP contribution is -2.60. The fourth-order valence-corrected chi connectivity index (χ4v) is 8.60. The van der Waals surface area contributed by atoms with Gasteiger partial charge in [-0.2, -0.15) is 0 Å². The number of hydrogen-bond donors (Lipinski definition) is 3. The smallest absolute Gasteiger partial charge is 0.488 e. The van der Waals surface area contributed by atoms with E-state index in [-0.39, 0.29) is 42.7 Å². The minimum Gasteiger partial charge on any atom is -0.491 e. The molecule has 2 heterocycles. The number of alkyl halides is 3. The van der Waals surface area contributed by atoms with Crippen LogP contribution in [0.25, 0.3) is 0 Å². The van der Waals surface area contributed by atoms with Gasteiger partial charge in [-0.25, -0.2) is 0 Å². The number of nitrogens with zero attached hydrogens (tertiary/aromatic N) is 2. The minimum absolute atomic E-state index is 0.0395. The molecule has 0 radical (unpaired) electrons. The molecule has 3 fully saturated rings. The van der Waals surface area contributed by atoms with E-state index in [1.54, 1.807) is 24.3 Å². The molecule has 14 heteroatoms. The first-order valence-electron chi connectivity index (χ1n) is 13.7. The fourth-order valence-electron chi connectivity index (χ4n) is 7.18. The summed E-state index contributed by atoms with van der Waals surface area (Å²) in [6, 6.07) is 12.7. The number of allylic oxidation sites excluding steroid dienone is 2. The molecule has 2 aromatic carbocycles. The lowest BCUT2D eigenvalue weighted by molar-refractivity contribution is -0.138. The first-order chi connectivity index (χ1) is 20.5. The van der Waals surface area contributed by atoms with Crippen molar-refractivity contribution in [3.05, 3.63) is 65.7 Å². The molecule has 2 aliphatic carbocycles. The summed E-state index contributed by atoms with van der Waals surface area (Å²) >= 11 is 17.7. The molecular formula is C29H26BBrCl2N2O8. The van der Waals surface area contributed by atoms with Gasteiger partial charge in [0.15, 0.2) is 9.75 Å². The second-order valence-electron chi connectivity index (χ2n) is 11.1. The van der Waals surface area contributed by atoms with E-state index in [4.69, 9.17) is 27.9 Å². The molecule has 0 aromatic heterocycles. The number of benzene rings is 2. The molecule has 0 spiro atoms. The number of aliphatic hydroxyl groups excluding tert-OH is 1. The van der Waals surface area contributed by atoms with Crippen LogP contribution in [0.5, 0.6) is 5.75 Å². The third kappa shape index (κ3) is 4.25. The molecule has 4 amide bonds. The van der Waals surface area contributed by atoms with Gasteiger partial charge in [-0.05, 0) is 42.4 Å². The summed E-state index contributed by atoms with van der Waals surface area (Å²) in [6.07, 6.45) is 1.82. The van der Waals surface area contributed by atoms with Crippen LogP contribution in [0.15, 0.2) is 60.2 Å². The van der Waals surface area contributed by atoms with Gasteiger partial charge in [-0.3, -0.25) is 29.0 Å². The molecular weight excluding hydrogens is 666 g/mol. The summed E-state index contributed by atoms with van der Waals surface area (Å²) < 4.78 is 5.82. The van der Waals surface area contributed by atoms with Crippen molar-refractivity contribution in [1.29, 1.82) is 0 Å². The van der Waals surface area contributed by atoms with E-state index in [0.717, 1.165) is 9.80 Å². The minimum atomic E-state index is -1.98. The molecule has 3 N–H and O–H groups in total. The zero-order valence-corrected chi connectivity index (χ0v) is 25.6. The average Bonchev–Trinajstić information content (AvgIpc) is 3.34. The Morgan fingerprint density at radius 1 is 1.00 bits per heavy atom. The zero-order valence-electron chi connectivity index (χ0n) is 22.5. The van der Waals surface area contributed by atoms with Gasteiger partial charge < -0.3 is 19.9 Å². The maximum atomic E-state index is 14.1. The van der Waals surface area contributed by atoms with Gasteiger partial charge >= 0.3 is 7.12 Å². The molecule has 4 aliphatic rings. The van der Waals surface area contributed by atoms with Crippen LogP contribution >= 0.6 is 39.1 Å². The highest BCUT2D eigenvalue weighted by atomic mass is 79.9. The Morgan fingerprint density at radius 3 is 2.44 bits per heavy atom. The van der Waals surface area contributed by atoms with Crippen LogP contribution in [0.1, 0.15) is 24.3 Å². The molecule has 0 unspecified atom stereocenters. The van der Waals surface area contributed by atoms with E-state index >= 15 is 0 Å². The number of fused-ring (bicyclic) bond motifs is 4. The Labute approximate surface area is 265 Å². The molecule has 2 aromatic rings. The van der Waals surface area contributed by atoms with Crippen molar-refractivity contribution in [1.82, 2.24) is 4.90 Å². The molecule has 224 valence electrons. The quantitative estimate of drug-likeness (QED) is 0.131. The van der Waals surface area contributed by atoms with E-state index in [2.05, 4.69) is 15.9 Å². The lowest BCUT2D eigenvalue weighted by atomic mass is 9.56. The van der Waals surface area contributed by atoms with Crippen LogP contribution in [0, 0.1) is 17.8 Å². The lowest BCUT2D eigenvalue weighted by Gasteiger charge is -2.51. The van der Waals surface area contributed by atoms with Gasteiger partial charge in [-0.15, -0.1) is 23.2 Å². The SMILES string of the molecule is O=C1[C@H]2[C@H](CC=C3[C@H]2C[C@@]2(Cl)C(=O)N(CBr)C(=O)[C@@]2(Cl)[C@H]3c2ccccc2OCCO)C(=O)N1c1cccc(B(O)O)c1. The van der Waals surface area contributed by atoms with Crippen LogP contribution < -0.4 is 15.1 Å². The third-order valence-corrected chi connectivity index (χ3v) is 10.9. The summed E-state index contributed by atoms with van der Waals surface area (Å²) in [6.45, 7) is -0.308. The number of rotatable bonds is 7. The summed E-state index contributed by atoms with van der Waals surface area (Å²) in [4.78, 5) is 53.7. The Morgan fingerprint density at radius 2 is 1.74 bits per heavy atom. The molecule has 43 heavy (non-hydrogen) atoms. The molecule has 2 saturated heterocycles. The molecule has 1 saturated carbocycles. The summed E-state index contributed by atoms with van der Waals surface area (Å²) in [7, 11) is -1.80. The molecule has 10 nitrogen and oxygen atoms in total. The molecule has 0 bridgehead atoms. The van der Waals surface area contributed by atoms with Crippen molar-refractivity contribution in [2.24, 2.45) is 17.8 Å². The highest BCUT2D eigenvalue weighted by Crippen LogP contribution is 2.66. The highest BCUT2D eigenvalue weighted by molar-refractivity contribution is 9.09. The first-order valence-corrected chi connectivity index (χ1v) is 15.6. The van der Waals surface area contributed by atoms with E-state index in [1.807, 2.05) is 6.08 Å². The number of para-hydroxylation sites is 1. The Hall–Kier alpha value is -2.74. The van der Waals surface area contributed by atoms with Crippen molar-refractivity contribution in [3.63, 3.8) is 0 Å². The van der Waals surface area contributed by atoms with E-state index in [1.165, 1.54) is 24.3 Å². The predicted molar refractivity (Wildman–Crippen MR) is 161 cm³/mol. The number of aliphatic hydroxyl groups is 1. The highest BCUT2D eigenvalue weighted by Gasteiger charge is 2.76. The van der Waals surface area contributed by atoms with Gasteiger partial charge in [0.2, 0.25) is 11.8 Å². The predicted octanol–water partition coefficient (Wildman–Crippen LogP) is 1.65. The van der Waals surface area contributed by atoms with Gasteiger partial charge in [0.05, 0.1) is 29.6 Å². The summed E-state index contributed by atoms with van der Waals surface area (Å²) in [5.74, 6) is -5.47. The number of halogens is 3. The standard InChI is InChI=1S/C29H26BBrCl2N2O8/c31-14-34-26(39)28(32)13-20-17(23(29(28,33)27(34)40)18-6-1-2-7-21(18)43-11-10-36)8-9-19-22(20)25(38)35(24(19)37)16-5-3-4-15(12-16)30(41)42/h1-8,12,19-20,22-23,36,41-42H,9-11,13-14H2/t19-,20+,22-,23+,28+,29-/m0/s1. The molecule has 6 rings (SSSR count). The average molecular weight is 692 g/mol. The fraction of sp³-hybridized carbons (Fsp3) is 0.379. The monoisotopic (exact) mass is 690 g/mol. The number of likely N-dealkylation sites (tertiary alicyclic amines) is 1. The summed E-state index contributed by atoms with van der Waals surface area (Å²) in [5, 5.41) is 28.8. The third-order valence-electron chi connectivity index (χ3n) is 9.02. The normalized spacial score (nSPS) is 31.5. The Bertz CT molecular complexity index is 1570. The van der Waals surface area contributed by atoms with Crippen molar-refractivity contribution in [2.45, 2.75) is 28.5 Å². The van der Waals surface area contributed by atoms with Crippen LogP contribution in [0.2, 0.25) is 0 Å². The van der Waals surface area contributed by atoms with Crippen molar-refractivity contribution in [3.8, 4) is 5.75 Å². The number of amides is 4. The first kappa shape index (κ1) is 30.3. The van der Waals surface area contributed by atoms with E-state index in [9.17, 15) is 34.3 Å². The van der Waals surface area contributed by atoms with Crippen molar-refractivity contribution < 1.29 is 39.1 Å². The van der Waals surface area contributed by atoms with Gasteiger partial charge in [0, 0.05) is 11.5 Å². The van der Waals surface area contributed by atoms with Gasteiger partial charge in [0.1, 0.15) is 12.4 Å². The largest absolute Gasteiger partial charge is 0.491 e. The van der Waals surface area contributed by atoms with Gasteiger partial charge in [-0.1, -0.05) is 57.9 Å². The van der Waals surface area contributed by atoms with Crippen molar-refractivity contribution in [2.75, 3.05) is 23.6 Å². The zero-order chi connectivity index (χ0) is 30.8. The number of carbonyl (C=O) groups excluding carboxylic acids is 4. The van der Waals surface area contributed by atoms with Crippen LogP contribution in [-0.4, -0.2) is 79.2 Å². The van der Waals surface area contributed by atoms with E-state index < -0.39 is 64.2 Å². The van der Waals surface area contributed by atoms with Crippen molar-refractivity contribution >= 4 is 81.0 Å². The number of ether oxygens (including phenoxy) is 1. The van der Waals surface area contributed by atoms with Crippen LogP contribution in [0.3, 0.4) is 0 Å². The Kier molecular flexibility index (Phi) is 7.76. The Balaban J connectivity index is 1.50. The molecule has 6 atom stereocenters. The molecule has 2 aliphatic heterocycles. The number of carbonyl (C=O) groups is 4. The number of anilines is 1. The van der Waals surface area contributed by atoms with Gasteiger partial charge in [0.25, 0.3) is 11.8 Å². The second kappa shape index (κ2) is 11.0. The maximum Gasteiger partial charge on any atom is 0.488 e. The second-order valence-corrected chi connectivity index (χ2v) is 12.8. The van der Waals surface area contributed by atoms with Crippen LogP contribution in [0.4, 0.5) is 5.69 Å². The number of imide groups is 2. The van der Waals surface area contributed by atoms with Crippen LogP contribution in [-0.2, 0) is 19.2 Å². The van der Waals surface area contributed by atoms with E-state index in [0.29, 0.717) is 16.9 Å². The topological polar surface area (TPSA) is 145 Å². The number of hydrogen-bond acceptors (Lipinski definition) is 8.